The Kier molecular flexibility index (Phi) is 9.63. The fourth-order valence-corrected chi connectivity index (χ4v) is 3.34. The topological polar surface area (TPSA) is 65.1 Å². The molecule has 1 saturated heterocycles. The van der Waals surface area contributed by atoms with Crippen molar-refractivity contribution >= 4 is 35.6 Å². The summed E-state index contributed by atoms with van der Waals surface area (Å²) in [5.41, 5.74) is 7.28. The predicted molar refractivity (Wildman–Crippen MR) is 117 cm³/mol. The monoisotopic (exact) mass is 478 g/mol. The quantitative estimate of drug-likeness (QED) is 0.359. The molecule has 1 fully saturated rings. The first-order chi connectivity index (χ1) is 12.0. The van der Waals surface area contributed by atoms with Crippen molar-refractivity contribution in [1.29, 1.82) is 0 Å². The first kappa shape index (κ1) is 23.0. The number of hydrogen-bond acceptors (Lipinski definition) is 3. The fourth-order valence-electron chi connectivity index (χ4n) is 3.34. The van der Waals surface area contributed by atoms with Gasteiger partial charge in [0.25, 0.3) is 0 Å². The second kappa shape index (κ2) is 10.9. The van der Waals surface area contributed by atoms with E-state index in [1.807, 2.05) is 12.1 Å². The van der Waals surface area contributed by atoms with E-state index >= 15 is 0 Å². The van der Waals surface area contributed by atoms with Crippen molar-refractivity contribution in [3.05, 3.63) is 30.1 Å². The number of halogens is 2. The van der Waals surface area contributed by atoms with Gasteiger partial charge in [0.05, 0.1) is 0 Å². The lowest BCUT2D eigenvalue weighted by Gasteiger charge is -2.37. The van der Waals surface area contributed by atoms with Gasteiger partial charge in [-0.1, -0.05) is 13.8 Å². The van der Waals surface area contributed by atoms with Gasteiger partial charge >= 0.3 is 0 Å². The third-order valence-electron chi connectivity index (χ3n) is 5.51. The van der Waals surface area contributed by atoms with Crippen LogP contribution in [0, 0.1) is 11.2 Å². The highest BCUT2D eigenvalue weighted by atomic mass is 127. The molecule has 0 radical (unpaired) electrons. The zero-order valence-corrected chi connectivity index (χ0v) is 18.2. The summed E-state index contributed by atoms with van der Waals surface area (Å²) < 4.78 is 13.0. The Labute approximate surface area is 173 Å². The molecular weight excluding hydrogens is 446 g/mol. The number of aliphatic hydroxyl groups is 1. The zero-order chi connectivity index (χ0) is 18.3. The predicted octanol–water partition coefficient (Wildman–Crippen LogP) is 3.07. The first-order valence-electron chi connectivity index (χ1n) is 9.20. The van der Waals surface area contributed by atoms with E-state index < -0.39 is 0 Å². The summed E-state index contributed by atoms with van der Waals surface area (Å²) in [6.07, 6.45) is 2.73. The minimum absolute atomic E-state index is 0. The minimum atomic E-state index is -0.211. The Balaban J connectivity index is 0.00000338. The van der Waals surface area contributed by atoms with E-state index in [4.69, 9.17) is 5.73 Å². The van der Waals surface area contributed by atoms with Gasteiger partial charge < -0.3 is 20.6 Å². The number of anilines is 1. The Morgan fingerprint density at radius 3 is 2.23 bits per heavy atom. The van der Waals surface area contributed by atoms with E-state index in [1.54, 1.807) is 0 Å². The molecule has 7 heteroatoms. The SMILES string of the molecule is CCC(CC)(CCO)CN=C(N)N1CCN(c2ccc(F)cc2)CC1.I. The maximum atomic E-state index is 13.0. The van der Waals surface area contributed by atoms with E-state index in [0.717, 1.165) is 51.1 Å². The number of rotatable bonds is 7. The molecule has 1 aromatic carbocycles. The second-order valence-electron chi connectivity index (χ2n) is 6.81. The molecular formula is C19H32FIN4O. The lowest BCUT2D eigenvalue weighted by Crippen LogP contribution is -2.51. The van der Waals surface area contributed by atoms with Crippen LogP contribution >= 0.6 is 24.0 Å². The molecule has 26 heavy (non-hydrogen) atoms. The molecule has 0 saturated carbocycles. The van der Waals surface area contributed by atoms with Crippen LogP contribution in [0.1, 0.15) is 33.1 Å². The number of nitrogens with two attached hydrogens (primary N) is 1. The number of piperazine rings is 1. The molecule has 0 bridgehead atoms. The summed E-state index contributed by atoms with van der Waals surface area (Å²) in [6, 6.07) is 6.61. The molecule has 1 aromatic rings. The van der Waals surface area contributed by atoms with E-state index in [2.05, 4.69) is 28.6 Å². The lowest BCUT2D eigenvalue weighted by molar-refractivity contribution is 0.175. The number of hydrogen-bond donors (Lipinski definition) is 2. The van der Waals surface area contributed by atoms with Crippen molar-refractivity contribution in [1.82, 2.24) is 4.90 Å². The van der Waals surface area contributed by atoms with Gasteiger partial charge in [0.2, 0.25) is 0 Å². The number of benzene rings is 1. The Hall–Kier alpha value is -1.09. The van der Waals surface area contributed by atoms with E-state index in [0.29, 0.717) is 12.5 Å². The molecule has 0 unspecified atom stereocenters. The molecule has 3 N–H and O–H groups in total. The van der Waals surface area contributed by atoms with Crippen molar-refractivity contribution in [3.63, 3.8) is 0 Å². The average Bonchev–Trinajstić information content (AvgIpc) is 2.66. The van der Waals surface area contributed by atoms with Crippen LogP contribution in [0.25, 0.3) is 0 Å². The second-order valence-corrected chi connectivity index (χ2v) is 6.81. The standard InChI is InChI=1S/C19H31FN4O.HI/c1-3-19(4-2,9-14-25)15-22-18(21)24-12-10-23(11-13-24)17-7-5-16(20)6-8-17;/h5-8,25H,3-4,9-15H2,1-2H3,(H2,21,22);1H. The molecule has 1 aliphatic heterocycles. The number of aliphatic imine (C=N–C) groups is 1. The molecule has 5 nitrogen and oxygen atoms in total. The summed E-state index contributed by atoms with van der Waals surface area (Å²) in [5.74, 6) is 0.375. The fraction of sp³-hybridized carbons (Fsp3) is 0.632. The maximum absolute atomic E-state index is 13.0. The van der Waals surface area contributed by atoms with Crippen LogP contribution in [0.5, 0.6) is 0 Å². The van der Waals surface area contributed by atoms with Crippen molar-refractivity contribution in [2.45, 2.75) is 33.1 Å². The van der Waals surface area contributed by atoms with Gasteiger partial charge in [0.1, 0.15) is 5.82 Å². The smallest absolute Gasteiger partial charge is 0.191 e. The third kappa shape index (κ3) is 5.97. The molecule has 1 heterocycles. The van der Waals surface area contributed by atoms with E-state index in [9.17, 15) is 9.50 Å². The number of aliphatic hydroxyl groups excluding tert-OH is 1. The van der Waals surface area contributed by atoms with Gasteiger partial charge in [-0.05, 0) is 48.9 Å². The van der Waals surface area contributed by atoms with Gasteiger partial charge in [0, 0.05) is 45.0 Å². The summed E-state index contributed by atoms with van der Waals surface area (Å²) in [4.78, 5) is 8.97. The van der Waals surface area contributed by atoms with Crippen LogP contribution in [0.15, 0.2) is 29.3 Å². The van der Waals surface area contributed by atoms with Crippen molar-refractivity contribution in [2.24, 2.45) is 16.1 Å². The van der Waals surface area contributed by atoms with Crippen molar-refractivity contribution in [2.75, 3.05) is 44.2 Å². The minimum Gasteiger partial charge on any atom is -0.396 e. The maximum Gasteiger partial charge on any atom is 0.191 e. The molecule has 0 atom stereocenters. The highest BCUT2D eigenvalue weighted by molar-refractivity contribution is 14.0. The van der Waals surface area contributed by atoms with Crippen LogP contribution in [-0.2, 0) is 0 Å². The Morgan fingerprint density at radius 1 is 1.15 bits per heavy atom. The van der Waals surface area contributed by atoms with Gasteiger partial charge in [-0.15, -0.1) is 24.0 Å². The van der Waals surface area contributed by atoms with Crippen LogP contribution in [-0.4, -0.2) is 55.3 Å². The molecule has 0 aliphatic carbocycles. The van der Waals surface area contributed by atoms with E-state index in [-0.39, 0.29) is 41.8 Å². The summed E-state index contributed by atoms with van der Waals surface area (Å²) in [5, 5.41) is 9.31. The Morgan fingerprint density at radius 2 is 1.73 bits per heavy atom. The molecule has 0 aromatic heterocycles. The molecule has 0 spiro atoms. The normalized spacial score (nSPS) is 15.8. The van der Waals surface area contributed by atoms with Crippen LogP contribution in [0.3, 0.4) is 0 Å². The zero-order valence-electron chi connectivity index (χ0n) is 15.8. The summed E-state index contributed by atoms with van der Waals surface area (Å²) >= 11 is 0. The number of nitrogens with zero attached hydrogens (tertiary/aromatic N) is 3. The lowest BCUT2D eigenvalue weighted by atomic mass is 9.79. The van der Waals surface area contributed by atoms with Crippen molar-refractivity contribution in [3.8, 4) is 0 Å². The van der Waals surface area contributed by atoms with Gasteiger partial charge in [-0.25, -0.2) is 4.39 Å². The molecule has 148 valence electrons. The molecule has 2 rings (SSSR count). The van der Waals surface area contributed by atoms with Crippen LogP contribution < -0.4 is 10.6 Å². The largest absolute Gasteiger partial charge is 0.396 e. The highest BCUT2D eigenvalue weighted by Crippen LogP contribution is 2.30. The van der Waals surface area contributed by atoms with Gasteiger partial charge in [-0.2, -0.15) is 0 Å². The van der Waals surface area contributed by atoms with Crippen molar-refractivity contribution < 1.29 is 9.50 Å². The third-order valence-corrected chi connectivity index (χ3v) is 5.51. The highest BCUT2D eigenvalue weighted by Gasteiger charge is 2.26. The van der Waals surface area contributed by atoms with E-state index in [1.165, 1.54) is 12.1 Å². The molecule has 0 amide bonds. The summed E-state index contributed by atoms with van der Waals surface area (Å²) in [6.45, 7) is 8.42. The van der Waals surface area contributed by atoms with Crippen LogP contribution in [0.4, 0.5) is 10.1 Å². The van der Waals surface area contributed by atoms with Crippen LogP contribution in [0.2, 0.25) is 0 Å². The van der Waals surface area contributed by atoms with Gasteiger partial charge in [0.15, 0.2) is 5.96 Å². The Bertz CT molecular complexity index is 555. The number of guanidine groups is 1. The first-order valence-corrected chi connectivity index (χ1v) is 9.20. The molecule has 1 aliphatic rings. The van der Waals surface area contributed by atoms with Gasteiger partial charge in [-0.3, -0.25) is 4.99 Å². The average molecular weight is 478 g/mol. The summed E-state index contributed by atoms with van der Waals surface area (Å²) in [7, 11) is 0.